The van der Waals surface area contributed by atoms with Crippen molar-refractivity contribution in [2.45, 2.75) is 18.4 Å². The van der Waals surface area contributed by atoms with Gasteiger partial charge in [0, 0.05) is 19.6 Å². The Morgan fingerprint density at radius 1 is 1.07 bits per heavy atom. The van der Waals surface area contributed by atoms with Gasteiger partial charge in [-0.25, -0.2) is 0 Å². The first-order valence-electron chi connectivity index (χ1n) is 9.83. The normalized spacial score (nSPS) is 18.9. The summed E-state index contributed by atoms with van der Waals surface area (Å²) in [6, 6.07) is 16.0. The molecule has 2 aromatic rings. The maximum absolute atomic E-state index is 12.7. The molecule has 3 atom stereocenters. The van der Waals surface area contributed by atoms with Gasteiger partial charge in [0.1, 0.15) is 11.5 Å². The van der Waals surface area contributed by atoms with Gasteiger partial charge in [0.05, 0.1) is 13.2 Å². The predicted molar refractivity (Wildman–Crippen MR) is 112 cm³/mol. The van der Waals surface area contributed by atoms with Crippen LogP contribution < -0.4 is 14.8 Å². The zero-order valence-electron chi connectivity index (χ0n) is 17.6. The molecule has 1 N–H and O–H groups in total. The number of rotatable bonds is 10. The summed E-state index contributed by atoms with van der Waals surface area (Å²) in [7, 11) is 7.30. The van der Waals surface area contributed by atoms with Gasteiger partial charge in [0.15, 0.2) is 6.79 Å². The van der Waals surface area contributed by atoms with Crippen LogP contribution in [0.15, 0.2) is 48.5 Å². The fourth-order valence-electron chi connectivity index (χ4n) is 3.54. The molecule has 2 aromatic carbocycles. The Kier molecular flexibility index (Phi) is 7.12. The number of benzene rings is 2. The second-order valence-electron chi connectivity index (χ2n) is 7.57. The second kappa shape index (κ2) is 9.76. The van der Waals surface area contributed by atoms with Crippen LogP contribution in [0.1, 0.15) is 29.5 Å². The Morgan fingerprint density at radius 2 is 1.72 bits per heavy atom. The van der Waals surface area contributed by atoms with Crippen LogP contribution in [0.2, 0.25) is 0 Å². The van der Waals surface area contributed by atoms with Crippen molar-refractivity contribution in [1.29, 1.82) is 0 Å². The highest BCUT2D eigenvalue weighted by Gasteiger charge is 2.43. The zero-order valence-corrected chi connectivity index (χ0v) is 17.6. The predicted octanol–water partition coefficient (Wildman–Crippen LogP) is 3.20. The number of hydrogen-bond donors (Lipinski definition) is 1. The Hall–Kier alpha value is -2.57. The standard InChI is InChI=1S/C23H30N2O4/c1-25(2)22(17-7-9-18(28-4)10-8-17)14-24-23(26)21-13-20(21)16-5-11-19(12-6-16)29-15-27-3/h5-12,20-22H,13-15H2,1-4H3,(H,24,26). The van der Waals surface area contributed by atoms with Crippen LogP contribution in [0, 0.1) is 5.92 Å². The van der Waals surface area contributed by atoms with E-state index in [-0.39, 0.29) is 30.6 Å². The molecule has 6 nitrogen and oxygen atoms in total. The molecule has 3 unspecified atom stereocenters. The van der Waals surface area contributed by atoms with E-state index in [1.165, 1.54) is 5.56 Å². The van der Waals surface area contributed by atoms with E-state index in [1.807, 2.05) is 62.6 Å². The molecule has 1 aliphatic carbocycles. The molecule has 1 aliphatic rings. The van der Waals surface area contributed by atoms with Crippen molar-refractivity contribution < 1.29 is 19.0 Å². The van der Waals surface area contributed by atoms with Gasteiger partial charge in [-0.15, -0.1) is 0 Å². The molecule has 6 heteroatoms. The number of amides is 1. The maximum Gasteiger partial charge on any atom is 0.223 e. The monoisotopic (exact) mass is 398 g/mol. The highest BCUT2D eigenvalue weighted by atomic mass is 16.7. The van der Waals surface area contributed by atoms with Gasteiger partial charge in [-0.1, -0.05) is 24.3 Å². The molecule has 3 rings (SSSR count). The van der Waals surface area contributed by atoms with Crippen LogP contribution in [-0.4, -0.2) is 52.5 Å². The van der Waals surface area contributed by atoms with Crippen molar-refractivity contribution in [2.24, 2.45) is 5.92 Å². The van der Waals surface area contributed by atoms with E-state index in [1.54, 1.807) is 14.2 Å². The SMILES string of the molecule is COCOc1ccc(C2CC2C(=O)NCC(c2ccc(OC)cc2)N(C)C)cc1. The lowest BCUT2D eigenvalue weighted by Gasteiger charge is -2.25. The topological polar surface area (TPSA) is 60.0 Å². The maximum atomic E-state index is 12.7. The van der Waals surface area contributed by atoms with E-state index < -0.39 is 0 Å². The number of likely N-dealkylation sites (N-methyl/N-ethyl adjacent to an activating group) is 1. The third kappa shape index (κ3) is 5.49. The van der Waals surface area contributed by atoms with Crippen LogP contribution in [0.25, 0.3) is 0 Å². The summed E-state index contributed by atoms with van der Waals surface area (Å²) in [4.78, 5) is 14.8. The van der Waals surface area contributed by atoms with Crippen molar-refractivity contribution in [3.8, 4) is 11.5 Å². The third-order valence-electron chi connectivity index (χ3n) is 5.37. The summed E-state index contributed by atoms with van der Waals surface area (Å²) in [5.74, 6) is 2.04. The van der Waals surface area contributed by atoms with Crippen molar-refractivity contribution in [1.82, 2.24) is 10.2 Å². The molecule has 0 aromatic heterocycles. The fraction of sp³-hybridized carbons (Fsp3) is 0.435. The molecule has 1 amide bonds. The highest BCUT2D eigenvalue weighted by molar-refractivity contribution is 5.83. The average molecular weight is 399 g/mol. The lowest BCUT2D eigenvalue weighted by Crippen LogP contribution is -2.35. The summed E-state index contributed by atoms with van der Waals surface area (Å²) in [6.45, 7) is 0.806. The van der Waals surface area contributed by atoms with Gasteiger partial charge in [0.25, 0.3) is 0 Å². The molecule has 29 heavy (non-hydrogen) atoms. The fourth-order valence-corrected chi connectivity index (χ4v) is 3.54. The van der Waals surface area contributed by atoms with E-state index in [0.717, 1.165) is 23.5 Å². The average Bonchev–Trinajstić information content (AvgIpc) is 3.54. The summed E-state index contributed by atoms with van der Waals surface area (Å²) in [5.41, 5.74) is 2.32. The number of carbonyl (C=O) groups is 1. The van der Waals surface area contributed by atoms with Crippen molar-refractivity contribution >= 4 is 5.91 Å². The van der Waals surface area contributed by atoms with E-state index in [0.29, 0.717) is 6.54 Å². The zero-order chi connectivity index (χ0) is 20.8. The number of ether oxygens (including phenoxy) is 3. The van der Waals surface area contributed by atoms with Crippen LogP contribution in [0.5, 0.6) is 11.5 Å². The largest absolute Gasteiger partial charge is 0.497 e. The summed E-state index contributed by atoms with van der Waals surface area (Å²) in [6.07, 6.45) is 0.888. The van der Waals surface area contributed by atoms with Gasteiger partial charge < -0.3 is 24.4 Å². The van der Waals surface area contributed by atoms with Gasteiger partial charge in [-0.2, -0.15) is 0 Å². The van der Waals surface area contributed by atoms with E-state index in [9.17, 15) is 4.79 Å². The molecule has 1 fully saturated rings. The van der Waals surface area contributed by atoms with E-state index in [4.69, 9.17) is 14.2 Å². The molecule has 0 saturated heterocycles. The first kappa shape index (κ1) is 21.1. The summed E-state index contributed by atoms with van der Waals surface area (Å²) < 4.78 is 15.6. The van der Waals surface area contributed by atoms with Crippen molar-refractivity contribution in [3.63, 3.8) is 0 Å². The van der Waals surface area contributed by atoms with Crippen LogP contribution >= 0.6 is 0 Å². The number of carbonyl (C=O) groups excluding carboxylic acids is 1. The Bertz CT molecular complexity index is 790. The van der Waals surface area contributed by atoms with Crippen LogP contribution in [-0.2, 0) is 9.53 Å². The van der Waals surface area contributed by atoms with Gasteiger partial charge >= 0.3 is 0 Å². The van der Waals surface area contributed by atoms with Crippen LogP contribution in [0.3, 0.4) is 0 Å². The van der Waals surface area contributed by atoms with Crippen LogP contribution in [0.4, 0.5) is 0 Å². The Morgan fingerprint density at radius 3 is 2.31 bits per heavy atom. The summed E-state index contributed by atoms with van der Waals surface area (Å²) in [5, 5.41) is 3.14. The quantitative estimate of drug-likeness (QED) is 0.623. The summed E-state index contributed by atoms with van der Waals surface area (Å²) >= 11 is 0. The first-order valence-corrected chi connectivity index (χ1v) is 9.83. The minimum Gasteiger partial charge on any atom is -0.497 e. The third-order valence-corrected chi connectivity index (χ3v) is 5.37. The molecule has 1 saturated carbocycles. The van der Waals surface area contributed by atoms with Gasteiger partial charge in [-0.05, 0) is 61.8 Å². The smallest absolute Gasteiger partial charge is 0.223 e. The number of nitrogens with zero attached hydrogens (tertiary/aromatic N) is 1. The number of methoxy groups -OCH3 is 2. The molecule has 0 bridgehead atoms. The molecule has 0 aliphatic heterocycles. The lowest BCUT2D eigenvalue weighted by molar-refractivity contribution is -0.122. The molecule has 0 spiro atoms. The molecular formula is C23H30N2O4. The molecular weight excluding hydrogens is 368 g/mol. The molecule has 0 radical (unpaired) electrons. The minimum absolute atomic E-state index is 0.0411. The first-order chi connectivity index (χ1) is 14.0. The molecule has 0 heterocycles. The highest BCUT2D eigenvalue weighted by Crippen LogP contribution is 2.47. The van der Waals surface area contributed by atoms with E-state index >= 15 is 0 Å². The van der Waals surface area contributed by atoms with Crippen molar-refractivity contribution in [2.75, 3.05) is 41.7 Å². The van der Waals surface area contributed by atoms with Gasteiger partial charge in [-0.3, -0.25) is 4.79 Å². The minimum atomic E-state index is 0.0411. The molecule has 156 valence electrons. The Balaban J connectivity index is 1.53. The lowest BCUT2D eigenvalue weighted by atomic mass is 10.1. The van der Waals surface area contributed by atoms with Gasteiger partial charge in [0.2, 0.25) is 5.91 Å². The second-order valence-corrected chi connectivity index (χ2v) is 7.57. The van der Waals surface area contributed by atoms with E-state index in [2.05, 4.69) is 10.2 Å². The Labute approximate surface area is 172 Å². The number of hydrogen-bond acceptors (Lipinski definition) is 5. The number of nitrogens with one attached hydrogen (secondary N) is 1. The van der Waals surface area contributed by atoms with Crippen molar-refractivity contribution in [3.05, 3.63) is 59.7 Å².